The van der Waals surface area contributed by atoms with Gasteiger partial charge < -0.3 is 29.8 Å². The summed E-state index contributed by atoms with van der Waals surface area (Å²) in [5.74, 6) is 0.464. The molecule has 0 radical (unpaired) electrons. The summed E-state index contributed by atoms with van der Waals surface area (Å²) in [5, 5.41) is 29.9. The highest BCUT2D eigenvalue weighted by molar-refractivity contribution is 6.32. The van der Waals surface area contributed by atoms with E-state index in [0.29, 0.717) is 17.0 Å². The van der Waals surface area contributed by atoms with E-state index in [1.165, 1.54) is 5.69 Å². The van der Waals surface area contributed by atoms with Crippen molar-refractivity contribution in [3.8, 4) is 0 Å². The molecule has 69 heavy (non-hydrogen) atoms. The quantitative estimate of drug-likeness (QED) is 0.131. The van der Waals surface area contributed by atoms with Gasteiger partial charge in [-0.2, -0.15) is 15.3 Å². The first-order valence-electron chi connectivity index (χ1n) is 23.7. The van der Waals surface area contributed by atoms with Crippen LogP contribution in [0.1, 0.15) is 44.1 Å². The van der Waals surface area contributed by atoms with Gasteiger partial charge in [-0.1, -0.05) is 53.0 Å². The maximum atomic E-state index is 12.7. The van der Waals surface area contributed by atoms with Crippen molar-refractivity contribution in [3.63, 3.8) is 0 Å². The molecule has 18 heteroatoms. The normalized spacial score (nSPS) is 18.2. The molecule has 1 spiro atoms. The maximum Gasteiger partial charge on any atom is 0.235 e. The fraction of sp³-hybridized carbons (Fsp3) is 0.333. The van der Waals surface area contributed by atoms with Crippen molar-refractivity contribution >= 4 is 108 Å². The van der Waals surface area contributed by atoms with E-state index in [0.717, 1.165) is 168 Å². The van der Waals surface area contributed by atoms with Gasteiger partial charge in [0.2, 0.25) is 11.8 Å². The summed E-state index contributed by atoms with van der Waals surface area (Å²) in [4.78, 5) is 40.2. The van der Waals surface area contributed by atoms with E-state index in [-0.39, 0.29) is 5.91 Å². The van der Waals surface area contributed by atoms with Gasteiger partial charge in [0.15, 0.2) is 0 Å². The number of aromatic nitrogens is 7. The molecule has 0 saturated carbocycles. The molecule has 5 aliphatic rings. The zero-order valence-corrected chi connectivity index (χ0v) is 40.2. The van der Waals surface area contributed by atoms with Crippen LogP contribution in [-0.2, 0) is 15.0 Å². The second-order valence-corrected chi connectivity index (χ2v) is 19.7. The minimum absolute atomic E-state index is 0.132. The number of pyridine rings is 1. The molecule has 354 valence electrons. The molecule has 15 nitrogen and oxygen atoms in total. The van der Waals surface area contributed by atoms with Gasteiger partial charge >= 0.3 is 0 Å². The van der Waals surface area contributed by atoms with E-state index in [1.54, 1.807) is 0 Å². The predicted molar refractivity (Wildman–Crippen MR) is 276 cm³/mol. The van der Waals surface area contributed by atoms with E-state index in [1.807, 2.05) is 85.6 Å². The molecule has 4 aromatic heterocycles. The van der Waals surface area contributed by atoms with Crippen LogP contribution >= 0.6 is 34.8 Å². The van der Waals surface area contributed by atoms with Crippen molar-refractivity contribution in [2.24, 2.45) is 0 Å². The number of piperazine rings is 1. The number of rotatable bonds is 5. The Labute approximate surface area is 414 Å². The fourth-order valence-electron chi connectivity index (χ4n) is 11.0. The SMILES string of the molecule is Clc1cc(N2CCN(c3ccncc3)CC2)c2cn[nH]c2c1.O=C1CCCN1C1CCN(c2cc(Cl)cc3[nH]ncc23)CC1.O=C1Nc2ccccc2C12CCN(c1cc(Cl)cc3[nH]ncc13)CC2. The van der Waals surface area contributed by atoms with Gasteiger partial charge in [-0.3, -0.25) is 29.9 Å². The summed E-state index contributed by atoms with van der Waals surface area (Å²) in [6.45, 7) is 8.35. The molecule has 0 bridgehead atoms. The van der Waals surface area contributed by atoms with Crippen LogP contribution in [0.2, 0.25) is 15.1 Å². The molecule has 4 saturated heterocycles. The number of piperidine rings is 2. The van der Waals surface area contributed by atoms with E-state index < -0.39 is 5.41 Å². The van der Waals surface area contributed by atoms with Crippen LogP contribution < -0.4 is 24.9 Å². The predicted octanol–water partition coefficient (Wildman–Crippen LogP) is 9.45. The van der Waals surface area contributed by atoms with Gasteiger partial charge in [0.05, 0.1) is 40.6 Å². The summed E-state index contributed by atoms with van der Waals surface area (Å²) in [6, 6.07) is 24.3. The van der Waals surface area contributed by atoms with E-state index in [9.17, 15) is 9.59 Å². The van der Waals surface area contributed by atoms with Crippen LogP contribution in [0.3, 0.4) is 0 Å². The Morgan fingerprint density at radius 3 is 1.58 bits per heavy atom. The van der Waals surface area contributed by atoms with Crippen molar-refractivity contribution < 1.29 is 9.59 Å². The zero-order valence-electron chi connectivity index (χ0n) is 38.0. The van der Waals surface area contributed by atoms with Crippen molar-refractivity contribution in [2.45, 2.75) is 50.0 Å². The highest BCUT2D eigenvalue weighted by Gasteiger charge is 2.48. The molecular weight excluding hydrogens is 933 g/mol. The van der Waals surface area contributed by atoms with Crippen LogP contribution in [0.25, 0.3) is 32.7 Å². The first-order valence-corrected chi connectivity index (χ1v) is 24.8. The van der Waals surface area contributed by atoms with Crippen LogP contribution in [0.4, 0.5) is 28.4 Å². The molecule has 5 aliphatic heterocycles. The van der Waals surface area contributed by atoms with E-state index in [2.05, 4.69) is 83.6 Å². The average Bonchev–Trinajstić information content (AvgIpc) is 4.25. The standard InChI is InChI=1S/C19H17ClN4O.C16H16ClN5.C16H19ClN4O/c20-12-9-16-13(11-21-23-16)17(10-12)24-7-5-19(6-8-24)14-3-1-2-4-15(14)22-18(19)25;17-12-9-15-14(11-19-20-15)16(10-12)22-7-5-21(6-8-22)13-1-3-18-4-2-13;17-11-8-14-13(10-18-19-14)15(9-11)20-6-3-12(4-7-20)21-5-1-2-16(21)22/h1-4,9-11H,5-8H2,(H,21,23)(H,22,25);1-4,9-11H,5-8H2,(H,19,20);8-10,12H,1-7H2,(H,18,19). The molecule has 8 aromatic rings. The third kappa shape index (κ3) is 8.87. The van der Waals surface area contributed by atoms with Crippen LogP contribution in [0.15, 0.2) is 104 Å². The molecule has 0 aliphatic carbocycles. The number of hydrogen-bond donors (Lipinski definition) is 4. The molecule has 0 atom stereocenters. The number of likely N-dealkylation sites (tertiary alicyclic amines) is 1. The first kappa shape index (κ1) is 44.9. The molecule has 2 amide bonds. The maximum absolute atomic E-state index is 12.7. The number of nitrogens with zero attached hydrogens (tertiary/aromatic N) is 9. The van der Waals surface area contributed by atoms with Gasteiger partial charge in [0, 0.05) is 143 Å². The lowest BCUT2D eigenvalue weighted by molar-refractivity contribution is -0.130. The van der Waals surface area contributed by atoms with Crippen molar-refractivity contribution in [1.82, 2.24) is 40.5 Å². The number of nitrogens with one attached hydrogen (secondary N) is 4. The van der Waals surface area contributed by atoms with Gasteiger partial charge in [0.1, 0.15) is 0 Å². The van der Waals surface area contributed by atoms with E-state index in [4.69, 9.17) is 34.8 Å². The van der Waals surface area contributed by atoms with Gasteiger partial charge in [-0.05, 0) is 92.3 Å². The highest BCUT2D eigenvalue weighted by atomic mass is 35.5. The molecule has 4 N–H and O–H groups in total. The summed E-state index contributed by atoms with van der Waals surface area (Å²) < 4.78 is 0. The molecule has 13 rings (SSSR count). The third-order valence-electron chi connectivity index (χ3n) is 14.6. The minimum atomic E-state index is -0.402. The first-order chi connectivity index (χ1) is 33.7. The number of H-pyrrole nitrogens is 3. The Bertz CT molecular complexity index is 3130. The van der Waals surface area contributed by atoms with Crippen molar-refractivity contribution in [2.75, 3.05) is 83.8 Å². The topological polar surface area (TPSA) is 161 Å². The number of hydrogen-bond acceptors (Lipinski definition) is 10. The number of fused-ring (bicyclic) bond motifs is 5. The number of carbonyl (C=O) groups excluding carboxylic acids is 2. The van der Waals surface area contributed by atoms with Crippen LogP contribution in [-0.4, -0.2) is 117 Å². The number of halogens is 3. The largest absolute Gasteiger partial charge is 0.371 e. The highest BCUT2D eigenvalue weighted by Crippen LogP contribution is 2.46. The smallest absolute Gasteiger partial charge is 0.235 e. The van der Waals surface area contributed by atoms with Gasteiger partial charge in [0.25, 0.3) is 0 Å². The second kappa shape index (κ2) is 19.1. The Morgan fingerprint density at radius 2 is 1.06 bits per heavy atom. The second-order valence-electron chi connectivity index (χ2n) is 18.4. The van der Waals surface area contributed by atoms with Gasteiger partial charge in [-0.15, -0.1) is 0 Å². The number of benzene rings is 4. The number of amides is 2. The van der Waals surface area contributed by atoms with Crippen molar-refractivity contribution in [3.05, 3.63) is 124 Å². The Hall–Kier alpha value is -6.55. The summed E-state index contributed by atoms with van der Waals surface area (Å²) in [7, 11) is 0. The molecule has 4 aromatic carbocycles. The number of aromatic amines is 3. The van der Waals surface area contributed by atoms with Gasteiger partial charge in [-0.25, -0.2) is 0 Å². The molecule has 4 fully saturated rings. The zero-order chi connectivity index (χ0) is 47.1. The summed E-state index contributed by atoms with van der Waals surface area (Å²) in [6.07, 6.45) is 14.6. The van der Waals surface area contributed by atoms with Crippen LogP contribution in [0.5, 0.6) is 0 Å². The van der Waals surface area contributed by atoms with E-state index >= 15 is 0 Å². The lowest BCUT2D eigenvalue weighted by Crippen LogP contribution is -2.46. The third-order valence-corrected chi connectivity index (χ3v) is 15.2. The Kier molecular flexibility index (Phi) is 12.4. The summed E-state index contributed by atoms with van der Waals surface area (Å²) in [5.41, 5.74) is 9.20. The fourth-order valence-corrected chi connectivity index (χ4v) is 11.7. The number of para-hydroxylation sites is 1. The molecule has 9 heterocycles. The van der Waals surface area contributed by atoms with Crippen molar-refractivity contribution in [1.29, 1.82) is 0 Å². The minimum Gasteiger partial charge on any atom is -0.371 e. The number of anilines is 5. The monoisotopic (exact) mass is 983 g/mol. The lowest BCUT2D eigenvalue weighted by atomic mass is 9.73. The molecule has 0 unspecified atom stereocenters. The molecular formula is C51H52Cl3N13O2. The Morgan fingerprint density at radius 1 is 0.565 bits per heavy atom. The number of carbonyl (C=O) groups is 2. The Balaban J connectivity index is 0.000000113. The van der Waals surface area contributed by atoms with Crippen LogP contribution in [0, 0.1) is 0 Å². The average molecular weight is 985 g/mol. The lowest BCUT2D eigenvalue weighted by Gasteiger charge is -2.39. The summed E-state index contributed by atoms with van der Waals surface area (Å²) >= 11 is 18.7.